The molecule has 77 heavy (non-hydrogen) atoms. The van der Waals surface area contributed by atoms with E-state index in [1.807, 2.05) is 60.7 Å². The Hall–Kier alpha value is -7.67. The van der Waals surface area contributed by atoms with Gasteiger partial charge in [0.25, 0.3) is 0 Å². The number of amides is 10. The van der Waals surface area contributed by atoms with Gasteiger partial charge in [-0.15, -0.1) is 0 Å². The molecule has 5 rings (SSSR count). The molecule has 414 valence electrons. The van der Waals surface area contributed by atoms with Gasteiger partial charge in [0.05, 0.1) is 13.0 Å². The van der Waals surface area contributed by atoms with Gasteiger partial charge in [0.2, 0.25) is 59.1 Å². The Morgan fingerprint density at radius 1 is 0.714 bits per heavy atom. The fourth-order valence-electron chi connectivity index (χ4n) is 8.82. The molecule has 0 spiro atoms. The van der Waals surface area contributed by atoms with Gasteiger partial charge in [-0.1, -0.05) is 126 Å². The van der Waals surface area contributed by atoms with Crippen LogP contribution in [0.4, 0.5) is 0 Å². The van der Waals surface area contributed by atoms with Gasteiger partial charge in [0, 0.05) is 43.4 Å². The number of nitrogens with one attached hydrogen (secondary N) is 7. The molecule has 3 aromatic carbocycles. The number of primary amides is 2. The topological polar surface area (TPSA) is 375 Å². The summed E-state index contributed by atoms with van der Waals surface area (Å²) in [4.78, 5) is 143. The number of carbonyl (C=O) groups is 10. The van der Waals surface area contributed by atoms with Crippen LogP contribution in [0, 0.1) is 5.92 Å². The van der Waals surface area contributed by atoms with Crippen LogP contribution in [-0.2, 0) is 54.4 Å². The van der Waals surface area contributed by atoms with Crippen molar-refractivity contribution in [1.29, 1.82) is 0 Å². The smallest absolute Gasteiger partial charge is 0.246 e. The number of hydrogen-bond donors (Lipinski definition) is 11. The maximum Gasteiger partial charge on any atom is 0.246 e. The van der Waals surface area contributed by atoms with E-state index in [9.17, 15) is 47.9 Å². The van der Waals surface area contributed by atoms with Gasteiger partial charge in [0.15, 0.2) is 5.96 Å². The third-order valence-corrected chi connectivity index (χ3v) is 15.1. The minimum absolute atomic E-state index is 0.0318. The van der Waals surface area contributed by atoms with Gasteiger partial charge in [-0.2, -0.15) is 0 Å². The minimum Gasteiger partial charge on any atom is -0.370 e. The van der Waals surface area contributed by atoms with E-state index >= 15 is 0 Å². The second kappa shape index (κ2) is 30.2. The predicted molar refractivity (Wildman–Crippen MR) is 291 cm³/mol. The molecule has 23 nitrogen and oxygen atoms in total. The van der Waals surface area contributed by atoms with Crippen molar-refractivity contribution >= 4 is 86.6 Å². The molecule has 2 saturated heterocycles. The molecule has 0 saturated carbocycles. The molecular formula is C52H69N13O10S2. The zero-order chi connectivity index (χ0) is 56.0. The molecular weight excluding hydrogens is 1030 g/mol. The summed E-state index contributed by atoms with van der Waals surface area (Å²) in [6.45, 7) is 2.96. The Labute approximate surface area is 454 Å². The highest BCUT2D eigenvalue weighted by molar-refractivity contribution is 8.76. The van der Waals surface area contributed by atoms with E-state index in [0.717, 1.165) is 10.8 Å². The van der Waals surface area contributed by atoms with Crippen LogP contribution in [0.3, 0.4) is 0 Å². The number of likely N-dealkylation sites (tertiary alicyclic amines) is 1. The van der Waals surface area contributed by atoms with Crippen LogP contribution in [0.2, 0.25) is 0 Å². The minimum atomic E-state index is -1.66. The molecule has 7 atom stereocenters. The summed E-state index contributed by atoms with van der Waals surface area (Å²) in [5, 5.41) is 18.8. The number of carbonyl (C=O) groups excluding carboxylic acids is 10. The zero-order valence-corrected chi connectivity index (χ0v) is 44.6. The van der Waals surface area contributed by atoms with Crippen LogP contribution in [0.15, 0.2) is 96.0 Å². The third kappa shape index (κ3) is 18.8. The average Bonchev–Trinajstić information content (AvgIpc) is 3.90. The van der Waals surface area contributed by atoms with E-state index in [0.29, 0.717) is 23.1 Å². The van der Waals surface area contributed by atoms with Gasteiger partial charge in [-0.3, -0.25) is 52.9 Å². The summed E-state index contributed by atoms with van der Waals surface area (Å²) in [5.74, 6) is -9.34. The van der Waals surface area contributed by atoms with Crippen molar-refractivity contribution < 1.29 is 47.9 Å². The Morgan fingerprint density at radius 2 is 1.31 bits per heavy atom. The maximum absolute atomic E-state index is 14.9. The highest BCUT2D eigenvalue weighted by atomic mass is 33.1. The molecule has 3 aromatic rings. The first-order valence-corrected chi connectivity index (χ1v) is 27.7. The van der Waals surface area contributed by atoms with Gasteiger partial charge in [-0.05, 0) is 48.3 Å². The Bertz CT molecular complexity index is 2540. The summed E-state index contributed by atoms with van der Waals surface area (Å²) in [6.07, 6.45) is -0.0660. The first-order valence-electron chi connectivity index (χ1n) is 25.2. The molecule has 15 N–H and O–H groups in total. The fourth-order valence-corrected chi connectivity index (χ4v) is 11.0. The number of nitrogens with two attached hydrogens (primary N) is 4. The van der Waals surface area contributed by atoms with E-state index < -0.39 is 126 Å². The quantitative estimate of drug-likeness (QED) is 0.0313. The highest BCUT2D eigenvalue weighted by Crippen LogP contribution is 2.30. The lowest BCUT2D eigenvalue weighted by molar-refractivity contribution is -0.142. The molecule has 0 bridgehead atoms. The Kier molecular flexibility index (Phi) is 23.6. The van der Waals surface area contributed by atoms with Gasteiger partial charge >= 0.3 is 0 Å². The predicted octanol–water partition coefficient (Wildman–Crippen LogP) is -1.07. The molecule has 0 radical (unpaired) electrons. The molecule has 25 heteroatoms. The first-order chi connectivity index (χ1) is 36.8. The average molecular weight is 1100 g/mol. The molecule has 2 aliphatic heterocycles. The number of benzene rings is 3. The summed E-state index contributed by atoms with van der Waals surface area (Å²) in [6, 6.07) is 17.8. The van der Waals surface area contributed by atoms with Crippen molar-refractivity contribution in [3.05, 3.63) is 108 Å². The molecule has 0 aliphatic carbocycles. The van der Waals surface area contributed by atoms with Crippen molar-refractivity contribution in [3.8, 4) is 0 Å². The van der Waals surface area contributed by atoms with E-state index in [-0.39, 0.29) is 62.7 Å². The fraction of sp³-hybridized carbons (Fsp3) is 0.442. The molecule has 0 aromatic heterocycles. The standard InChI is InChI=1S/C52H69N13O10S2/c1-30(2)43-49(73)61-36(27-39(53)66)46(70)62-37(51(75)65-24-13-21-38(65)48(72)59-34(20-12-23-57-52(55)56)45(69)58-28-40(54)67)29-77-76-25-22-41(68)63-44(42(32-16-8-4-9-17-32)33-18-10-5-11-19-33)50(74)60-35(47(71)64-43)26-31-14-6-3-7-15-31/h3-11,14-19,30,34-38,42-44H,12-13,20-29H2,1-2H3,(H2,53,66)(H2,54,67)(H,58,69)(H,59,72)(H,60,74)(H,61,73)(H,62,70)(H,63,68)(H,64,71)(H4,55,56,57)/t34-,35-,36-,37-,38-,43-,44-/m0/s1. The molecule has 0 unspecified atom stereocenters. The van der Waals surface area contributed by atoms with Gasteiger partial charge in [-0.25, -0.2) is 0 Å². The van der Waals surface area contributed by atoms with E-state index in [4.69, 9.17) is 22.9 Å². The Balaban J connectivity index is 1.49. The number of guanidine groups is 1. The van der Waals surface area contributed by atoms with Gasteiger partial charge in [0.1, 0.15) is 42.3 Å². The summed E-state index contributed by atoms with van der Waals surface area (Å²) in [5.41, 5.74) is 23.8. The highest BCUT2D eigenvalue weighted by Gasteiger charge is 2.41. The molecule has 2 aliphatic rings. The lowest BCUT2D eigenvalue weighted by Crippen LogP contribution is -2.62. The zero-order valence-electron chi connectivity index (χ0n) is 42.9. The number of rotatable bonds is 18. The first kappa shape index (κ1) is 60.2. The van der Waals surface area contributed by atoms with Crippen LogP contribution >= 0.6 is 21.6 Å². The summed E-state index contributed by atoms with van der Waals surface area (Å²) < 4.78 is 0. The Morgan fingerprint density at radius 3 is 1.91 bits per heavy atom. The lowest BCUT2D eigenvalue weighted by Gasteiger charge is -2.32. The van der Waals surface area contributed by atoms with Crippen LogP contribution in [-0.4, -0.2) is 143 Å². The van der Waals surface area contributed by atoms with Crippen molar-refractivity contribution in [1.82, 2.24) is 42.1 Å². The van der Waals surface area contributed by atoms with Crippen molar-refractivity contribution in [2.45, 2.75) is 107 Å². The summed E-state index contributed by atoms with van der Waals surface area (Å²) >= 11 is 0. The van der Waals surface area contributed by atoms with Crippen molar-refractivity contribution in [2.75, 3.05) is 31.1 Å². The summed E-state index contributed by atoms with van der Waals surface area (Å²) in [7, 11) is 2.30. The number of aliphatic imine (C=N–C) groups is 1. The third-order valence-electron chi connectivity index (χ3n) is 12.6. The maximum atomic E-state index is 14.9. The normalized spacial score (nSPS) is 21.5. The number of nitrogens with zero attached hydrogens (tertiary/aromatic N) is 2. The SMILES string of the molecule is CC(C)[C@@H]1NC(=O)[C@H](Cc2ccccc2)NC(=O)[C@H](C(c2ccccc2)c2ccccc2)NC(=O)CCSSC[C@@H](C(=O)N2CCC[C@H]2C(=O)N[C@@H](CCCN=C(N)N)C(=O)NCC(N)=O)NC(=O)[C@H](CC(N)=O)NC1=O. The number of hydrogen-bond acceptors (Lipinski definition) is 13. The van der Waals surface area contributed by atoms with Crippen LogP contribution in [0.1, 0.15) is 75.0 Å². The second-order valence-electron chi connectivity index (χ2n) is 18.9. The van der Waals surface area contributed by atoms with Gasteiger partial charge < -0.3 is 65.1 Å². The van der Waals surface area contributed by atoms with E-state index in [1.165, 1.54) is 15.7 Å². The molecule has 2 heterocycles. The monoisotopic (exact) mass is 1100 g/mol. The largest absolute Gasteiger partial charge is 0.370 e. The lowest BCUT2D eigenvalue weighted by atomic mass is 9.84. The molecule has 2 fully saturated rings. The van der Waals surface area contributed by atoms with Crippen LogP contribution in [0.5, 0.6) is 0 Å². The molecule has 10 amide bonds. The van der Waals surface area contributed by atoms with Crippen molar-refractivity contribution in [3.63, 3.8) is 0 Å². The van der Waals surface area contributed by atoms with Crippen molar-refractivity contribution in [2.24, 2.45) is 33.8 Å². The second-order valence-corrected chi connectivity index (χ2v) is 21.5. The van der Waals surface area contributed by atoms with Crippen LogP contribution < -0.4 is 60.2 Å². The van der Waals surface area contributed by atoms with Crippen LogP contribution in [0.25, 0.3) is 0 Å². The van der Waals surface area contributed by atoms with E-state index in [2.05, 4.69) is 42.2 Å². The van der Waals surface area contributed by atoms with E-state index in [1.54, 1.807) is 44.2 Å².